The van der Waals surface area contributed by atoms with Crippen LogP contribution in [0.5, 0.6) is 0 Å². The number of rotatable bonds is 2. The zero-order chi connectivity index (χ0) is 12.6. The third-order valence-corrected chi connectivity index (χ3v) is 5.73. The molecule has 2 aliphatic rings. The number of fused-ring (bicyclic) bond motifs is 1. The molecule has 0 bridgehead atoms. The Balaban J connectivity index is 2.26. The van der Waals surface area contributed by atoms with Gasteiger partial charge in [0.1, 0.15) is 0 Å². The van der Waals surface area contributed by atoms with Gasteiger partial charge >= 0.3 is 0 Å². The molecule has 0 amide bonds. The van der Waals surface area contributed by atoms with Crippen LogP contribution in [0.2, 0.25) is 0 Å². The van der Waals surface area contributed by atoms with Crippen molar-refractivity contribution in [3.05, 3.63) is 9.66 Å². The smallest absolute Gasteiger partial charge is 0.0883 e. The topological polar surface area (TPSA) is 40.5 Å². The van der Waals surface area contributed by atoms with Crippen molar-refractivity contribution in [2.24, 2.45) is 23.7 Å². The molecule has 17 heavy (non-hydrogen) atoms. The van der Waals surface area contributed by atoms with Crippen molar-refractivity contribution in [3.8, 4) is 0 Å². The van der Waals surface area contributed by atoms with Gasteiger partial charge in [-0.15, -0.1) is 6.08 Å². The molecule has 0 spiro atoms. The van der Waals surface area contributed by atoms with Crippen LogP contribution in [0.25, 0.3) is 0 Å². The van der Waals surface area contributed by atoms with Gasteiger partial charge in [0, 0.05) is 0 Å². The van der Waals surface area contributed by atoms with E-state index >= 15 is 0 Å². The van der Waals surface area contributed by atoms with E-state index in [9.17, 15) is 10.2 Å². The van der Waals surface area contributed by atoms with Crippen LogP contribution in [0, 0.1) is 23.7 Å². The Kier molecular flexibility index (Phi) is 4.20. The molecule has 1 unspecified atom stereocenters. The van der Waals surface area contributed by atoms with E-state index < -0.39 is 5.60 Å². The van der Waals surface area contributed by atoms with Gasteiger partial charge in [-0.25, -0.2) is 3.58 Å². The Morgan fingerprint density at radius 2 is 2.12 bits per heavy atom. The average Bonchev–Trinajstić information content (AvgIpc) is 2.29. The second-order valence-corrected chi connectivity index (χ2v) is 7.46. The lowest BCUT2D eigenvalue weighted by Crippen LogP contribution is -3.33. The monoisotopic (exact) mass is 350 g/mol. The Hall–Kier alpha value is 0.390. The molecule has 0 heterocycles. The first kappa shape index (κ1) is 13.8. The first-order valence-corrected chi connectivity index (χ1v) is 7.73. The van der Waals surface area contributed by atoms with Gasteiger partial charge in [0.15, 0.2) is 0 Å². The highest BCUT2D eigenvalue weighted by molar-refractivity contribution is 5.09. The number of hydrogen-bond donors (Lipinski definition) is 2. The van der Waals surface area contributed by atoms with Crippen molar-refractivity contribution >= 4 is 0 Å². The van der Waals surface area contributed by atoms with Crippen molar-refractivity contribution in [1.82, 2.24) is 0 Å². The second-order valence-electron chi connectivity index (χ2n) is 6.07. The van der Waals surface area contributed by atoms with Gasteiger partial charge in [-0.2, -0.15) is 0 Å². The standard InChI is InChI=1S/C14H23IO2/c1-9-3-6-13(14(2,17)8-16)12-7-10(15)4-5-11(9)12/h7,9,11-13,16-17H,3-6,8H2,1-2H3/q-1/t9-,11+,12+,13-,14?/m1/s1. The molecule has 0 saturated heterocycles. The van der Waals surface area contributed by atoms with Crippen LogP contribution in [0.3, 0.4) is 0 Å². The van der Waals surface area contributed by atoms with Crippen molar-refractivity contribution in [2.45, 2.75) is 45.1 Å². The summed E-state index contributed by atoms with van der Waals surface area (Å²) >= 11 is 2.42. The van der Waals surface area contributed by atoms with E-state index in [1.165, 1.54) is 22.8 Å². The molecule has 0 aromatic heterocycles. The minimum absolute atomic E-state index is 0.125. The van der Waals surface area contributed by atoms with E-state index in [0.717, 1.165) is 12.3 Å². The summed E-state index contributed by atoms with van der Waals surface area (Å²) in [7, 11) is 0. The summed E-state index contributed by atoms with van der Waals surface area (Å²) in [4.78, 5) is 0. The molecular weight excluding hydrogens is 327 g/mol. The summed E-state index contributed by atoms with van der Waals surface area (Å²) in [5.41, 5.74) is -0.923. The summed E-state index contributed by atoms with van der Waals surface area (Å²) in [5, 5.41) is 19.8. The van der Waals surface area contributed by atoms with Crippen LogP contribution in [0.4, 0.5) is 0 Å². The summed E-state index contributed by atoms with van der Waals surface area (Å²) in [6.07, 6.45) is 7.03. The Labute approximate surface area is 118 Å². The van der Waals surface area contributed by atoms with E-state index in [2.05, 4.69) is 35.6 Å². The highest BCUT2D eigenvalue weighted by Crippen LogP contribution is 2.48. The van der Waals surface area contributed by atoms with Crippen molar-refractivity contribution in [3.63, 3.8) is 0 Å². The number of allylic oxidation sites excluding steroid dienone is 2. The summed E-state index contributed by atoms with van der Waals surface area (Å²) in [5.74, 6) is 2.14. The maximum atomic E-state index is 10.4. The summed E-state index contributed by atoms with van der Waals surface area (Å²) in [6, 6.07) is 0. The van der Waals surface area contributed by atoms with Crippen LogP contribution in [0.15, 0.2) is 9.66 Å². The predicted molar refractivity (Wildman–Crippen MR) is 63.9 cm³/mol. The molecule has 0 aromatic carbocycles. The highest BCUT2D eigenvalue weighted by atomic mass is 127. The van der Waals surface area contributed by atoms with E-state index in [1.807, 2.05) is 0 Å². The van der Waals surface area contributed by atoms with Crippen molar-refractivity contribution in [1.29, 1.82) is 0 Å². The summed E-state index contributed by atoms with van der Waals surface area (Å²) < 4.78 is 1.43. The molecule has 2 nitrogen and oxygen atoms in total. The zero-order valence-corrected chi connectivity index (χ0v) is 12.9. The molecular formula is C14H23IO2-. The molecule has 1 radical (unpaired) electrons. The SMILES string of the molecule is C[C@@H]1CC[C@@H](C(C)(O)CO)[C@H]2C=C([I-])CC[C@H]21. The zero-order valence-electron chi connectivity index (χ0n) is 10.7. The van der Waals surface area contributed by atoms with Gasteiger partial charge in [-0.1, -0.05) is 19.8 Å². The van der Waals surface area contributed by atoms with E-state index in [4.69, 9.17) is 0 Å². The van der Waals surface area contributed by atoms with Gasteiger partial charge < -0.3 is 32.8 Å². The molecule has 1 fully saturated rings. The fourth-order valence-corrected chi connectivity index (χ4v) is 4.41. The molecule has 2 N–H and O–H groups in total. The lowest BCUT2D eigenvalue weighted by molar-refractivity contribution is -0.310. The molecule has 99 valence electrons. The third kappa shape index (κ3) is 2.71. The first-order valence-electron chi connectivity index (χ1n) is 6.65. The normalized spacial score (nSPS) is 41.4. The number of aliphatic hydroxyl groups is 2. The Bertz CT molecular complexity index is 311. The van der Waals surface area contributed by atoms with Crippen LogP contribution in [-0.2, 0) is 0 Å². The lowest BCUT2D eigenvalue weighted by Gasteiger charge is -2.49. The molecule has 3 heteroatoms. The fourth-order valence-electron chi connectivity index (χ4n) is 3.68. The summed E-state index contributed by atoms with van der Waals surface area (Å²) in [6.45, 7) is 4.01. The Morgan fingerprint density at radius 1 is 1.41 bits per heavy atom. The predicted octanol–water partition coefficient (Wildman–Crippen LogP) is -0.761. The molecule has 2 rings (SSSR count). The first-order chi connectivity index (χ1) is 7.95. The maximum Gasteiger partial charge on any atom is 0.0883 e. The van der Waals surface area contributed by atoms with Crippen LogP contribution in [-0.4, -0.2) is 22.4 Å². The van der Waals surface area contributed by atoms with Crippen LogP contribution in [0.1, 0.15) is 39.5 Å². The highest BCUT2D eigenvalue weighted by Gasteiger charge is 2.44. The fraction of sp³-hybridized carbons (Fsp3) is 0.857. The quantitative estimate of drug-likeness (QED) is 0.643. The minimum atomic E-state index is -0.923. The molecule has 0 aliphatic heterocycles. The third-order valence-electron chi connectivity index (χ3n) is 4.83. The molecule has 0 aromatic rings. The largest absolute Gasteiger partial charge is 0.764 e. The van der Waals surface area contributed by atoms with Crippen molar-refractivity contribution in [2.75, 3.05) is 6.61 Å². The van der Waals surface area contributed by atoms with Gasteiger partial charge in [0.05, 0.1) is 12.2 Å². The number of halogens is 1. The average molecular weight is 350 g/mol. The number of aliphatic hydroxyl groups excluding tert-OH is 1. The van der Waals surface area contributed by atoms with Crippen molar-refractivity contribution < 1.29 is 32.8 Å². The van der Waals surface area contributed by atoms with Crippen LogP contribution < -0.4 is 22.6 Å². The van der Waals surface area contributed by atoms with Gasteiger partial charge in [0.2, 0.25) is 0 Å². The minimum Gasteiger partial charge on any atom is -0.764 e. The van der Waals surface area contributed by atoms with E-state index in [1.54, 1.807) is 6.92 Å². The van der Waals surface area contributed by atoms with E-state index in [-0.39, 0.29) is 12.5 Å². The number of hydrogen-bond acceptors (Lipinski definition) is 2. The Morgan fingerprint density at radius 3 is 2.76 bits per heavy atom. The van der Waals surface area contributed by atoms with Crippen LogP contribution >= 0.6 is 0 Å². The second kappa shape index (κ2) is 5.17. The van der Waals surface area contributed by atoms with Gasteiger partial charge in [-0.05, 0) is 43.4 Å². The maximum absolute atomic E-state index is 10.4. The van der Waals surface area contributed by atoms with Gasteiger partial charge in [0.25, 0.3) is 0 Å². The molecule has 5 atom stereocenters. The van der Waals surface area contributed by atoms with Gasteiger partial charge in [-0.3, -0.25) is 0 Å². The molecule has 2 aliphatic carbocycles. The lowest BCUT2D eigenvalue weighted by atomic mass is 9.60. The molecule has 1 saturated carbocycles. The van der Waals surface area contributed by atoms with E-state index in [0.29, 0.717) is 11.8 Å².